The van der Waals surface area contributed by atoms with Crippen molar-refractivity contribution in [1.82, 2.24) is 0 Å². The molecule has 70 valence electrons. The van der Waals surface area contributed by atoms with Gasteiger partial charge in [-0.1, -0.05) is 31.4 Å². The fourth-order valence-corrected chi connectivity index (χ4v) is 1.96. The van der Waals surface area contributed by atoms with Crippen LogP contribution in [0.15, 0.2) is 11.6 Å². The molecule has 0 radical (unpaired) electrons. The van der Waals surface area contributed by atoms with Gasteiger partial charge in [0.25, 0.3) is 0 Å². The number of hydrogen-bond acceptors (Lipinski definition) is 1. The minimum Gasteiger partial charge on any atom is -0.386 e. The van der Waals surface area contributed by atoms with Gasteiger partial charge in [-0.3, -0.25) is 0 Å². The fourth-order valence-electron chi connectivity index (χ4n) is 1.96. The highest BCUT2D eigenvalue weighted by Crippen LogP contribution is 2.30. The monoisotopic (exact) mass is 168 g/mol. The average molecular weight is 168 g/mol. The second-order valence-electron chi connectivity index (χ2n) is 4.05. The lowest BCUT2D eigenvalue weighted by Crippen LogP contribution is -2.28. The highest BCUT2D eigenvalue weighted by atomic mass is 16.3. The van der Waals surface area contributed by atoms with Crippen molar-refractivity contribution in [3.8, 4) is 0 Å². The molecular formula is C11H20O. The van der Waals surface area contributed by atoms with Gasteiger partial charge in [0.15, 0.2) is 0 Å². The van der Waals surface area contributed by atoms with Crippen LogP contribution in [-0.2, 0) is 0 Å². The van der Waals surface area contributed by atoms with Crippen LogP contribution in [0.25, 0.3) is 0 Å². The first-order chi connectivity index (χ1) is 5.66. The van der Waals surface area contributed by atoms with Crippen molar-refractivity contribution in [2.45, 2.75) is 58.0 Å². The molecule has 0 saturated carbocycles. The van der Waals surface area contributed by atoms with E-state index >= 15 is 0 Å². The molecule has 0 spiro atoms. The van der Waals surface area contributed by atoms with Crippen LogP contribution in [0.1, 0.15) is 52.4 Å². The second-order valence-corrected chi connectivity index (χ2v) is 4.05. The zero-order chi connectivity index (χ0) is 9.03. The van der Waals surface area contributed by atoms with E-state index in [1.807, 2.05) is 0 Å². The Balaban J connectivity index is 2.51. The van der Waals surface area contributed by atoms with Crippen LogP contribution in [0.2, 0.25) is 0 Å². The van der Waals surface area contributed by atoms with E-state index in [2.05, 4.69) is 19.9 Å². The van der Waals surface area contributed by atoms with Crippen molar-refractivity contribution >= 4 is 0 Å². The Bertz CT molecular complexity index is 172. The number of rotatable bonds is 3. The zero-order valence-electron chi connectivity index (χ0n) is 8.27. The van der Waals surface area contributed by atoms with Gasteiger partial charge in [0, 0.05) is 0 Å². The molecule has 0 amide bonds. The average Bonchev–Trinajstić information content (AvgIpc) is 2.01. The van der Waals surface area contributed by atoms with E-state index < -0.39 is 5.60 Å². The van der Waals surface area contributed by atoms with Crippen molar-refractivity contribution in [2.24, 2.45) is 0 Å². The predicted molar refractivity (Wildman–Crippen MR) is 52.1 cm³/mol. The van der Waals surface area contributed by atoms with Crippen LogP contribution in [0.5, 0.6) is 0 Å². The van der Waals surface area contributed by atoms with E-state index in [-0.39, 0.29) is 0 Å². The lowest BCUT2D eigenvalue weighted by Gasteiger charge is -2.29. The van der Waals surface area contributed by atoms with Crippen LogP contribution >= 0.6 is 0 Å². The molecule has 0 aromatic carbocycles. The van der Waals surface area contributed by atoms with Gasteiger partial charge in [-0.05, 0) is 32.6 Å². The van der Waals surface area contributed by atoms with Crippen LogP contribution < -0.4 is 0 Å². The first-order valence-corrected chi connectivity index (χ1v) is 5.07. The van der Waals surface area contributed by atoms with Crippen molar-refractivity contribution in [1.29, 1.82) is 0 Å². The molecule has 0 aromatic heterocycles. The van der Waals surface area contributed by atoms with Gasteiger partial charge in [0.1, 0.15) is 0 Å². The first kappa shape index (κ1) is 9.79. The van der Waals surface area contributed by atoms with Gasteiger partial charge < -0.3 is 5.11 Å². The van der Waals surface area contributed by atoms with Gasteiger partial charge >= 0.3 is 0 Å². The Morgan fingerprint density at radius 1 is 1.58 bits per heavy atom. The molecule has 1 aliphatic rings. The Kier molecular flexibility index (Phi) is 3.33. The van der Waals surface area contributed by atoms with E-state index in [1.165, 1.54) is 18.4 Å². The molecule has 0 fully saturated rings. The second kappa shape index (κ2) is 4.08. The summed E-state index contributed by atoms with van der Waals surface area (Å²) in [6.07, 6.45) is 8.63. The van der Waals surface area contributed by atoms with E-state index in [0.717, 1.165) is 25.7 Å². The predicted octanol–water partition coefficient (Wildman–Crippen LogP) is 3.04. The van der Waals surface area contributed by atoms with Gasteiger partial charge in [0.2, 0.25) is 0 Å². The summed E-state index contributed by atoms with van der Waals surface area (Å²) in [4.78, 5) is 0. The maximum Gasteiger partial charge on any atom is 0.0830 e. The molecule has 0 heterocycles. The molecule has 1 rings (SSSR count). The molecule has 1 aliphatic carbocycles. The summed E-state index contributed by atoms with van der Waals surface area (Å²) in [5.41, 5.74) is 0.901. The number of allylic oxidation sites excluding steroid dienone is 1. The maximum atomic E-state index is 10.1. The molecule has 0 saturated heterocycles. The molecule has 1 N–H and O–H groups in total. The zero-order valence-corrected chi connectivity index (χ0v) is 8.27. The summed E-state index contributed by atoms with van der Waals surface area (Å²) in [6.45, 7) is 4.29. The topological polar surface area (TPSA) is 20.2 Å². The summed E-state index contributed by atoms with van der Waals surface area (Å²) < 4.78 is 0. The lowest BCUT2D eigenvalue weighted by atomic mass is 9.84. The Hall–Kier alpha value is -0.300. The Labute approximate surface area is 75.5 Å². The van der Waals surface area contributed by atoms with Crippen molar-refractivity contribution < 1.29 is 5.11 Å². The molecule has 0 aromatic rings. The minimum absolute atomic E-state index is 0.460. The number of unbranched alkanes of at least 4 members (excludes halogenated alkanes) is 1. The first-order valence-electron chi connectivity index (χ1n) is 5.07. The highest BCUT2D eigenvalue weighted by Gasteiger charge is 2.25. The quantitative estimate of drug-likeness (QED) is 0.642. The normalized spacial score (nSPS) is 30.1. The van der Waals surface area contributed by atoms with Gasteiger partial charge in [-0.15, -0.1) is 0 Å². The van der Waals surface area contributed by atoms with Gasteiger partial charge in [-0.25, -0.2) is 0 Å². The SMILES string of the molecule is CCCCC1(O)C=C(C)CCC1. The molecular weight excluding hydrogens is 148 g/mol. The third-order valence-electron chi connectivity index (χ3n) is 2.66. The maximum absolute atomic E-state index is 10.1. The van der Waals surface area contributed by atoms with Crippen molar-refractivity contribution in [2.75, 3.05) is 0 Å². The summed E-state index contributed by atoms with van der Waals surface area (Å²) in [6, 6.07) is 0. The third-order valence-corrected chi connectivity index (χ3v) is 2.66. The van der Waals surface area contributed by atoms with Crippen molar-refractivity contribution in [3.63, 3.8) is 0 Å². The van der Waals surface area contributed by atoms with Crippen LogP contribution in [0.4, 0.5) is 0 Å². The molecule has 0 bridgehead atoms. The van der Waals surface area contributed by atoms with E-state index in [9.17, 15) is 5.11 Å². The fraction of sp³-hybridized carbons (Fsp3) is 0.818. The molecule has 1 atom stereocenters. The number of hydrogen-bond donors (Lipinski definition) is 1. The summed E-state index contributed by atoms with van der Waals surface area (Å²) >= 11 is 0. The van der Waals surface area contributed by atoms with Crippen LogP contribution in [0.3, 0.4) is 0 Å². The Morgan fingerprint density at radius 2 is 2.33 bits per heavy atom. The largest absolute Gasteiger partial charge is 0.386 e. The number of aliphatic hydroxyl groups is 1. The van der Waals surface area contributed by atoms with Crippen LogP contribution in [-0.4, -0.2) is 10.7 Å². The van der Waals surface area contributed by atoms with E-state index in [4.69, 9.17) is 0 Å². The smallest absolute Gasteiger partial charge is 0.0830 e. The summed E-state index contributed by atoms with van der Waals surface area (Å²) in [7, 11) is 0. The van der Waals surface area contributed by atoms with Gasteiger partial charge in [-0.2, -0.15) is 0 Å². The molecule has 12 heavy (non-hydrogen) atoms. The minimum atomic E-state index is -0.460. The van der Waals surface area contributed by atoms with Gasteiger partial charge in [0.05, 0.1) is 5.60 Å². The Morgan fingerprint density at radius 3 is 2.92 bits per heavy atom. The van der Waals surface area contributed by atoms with Crippen LogP contribution in [0, 0.1) is 0 Å². The molecule has 0 aliphatic heterocycles. The molecule has 1 heteroatoms. The molecule has 1 unspecified atom stereocenters. The highest BCUT2D eigenvalue weighted by molar-refractivity contribution is 5.12. The van der Waals surface area contributed by atoms with E-state index in [1.54, 1.807) is 0 Å². The molecule has 1 nitrogen and oxygen atoms in total. The summed E-state index contributed by atoms with van der Waals surface area (Å²) in [5.74, 6) is 0. The lowest BCUT2D eigenvalue weighted by molar-refractivity contribution is 0.0617. The summed E-state index contributed by atoms with van der Waals surface area (Å²) in [5, 5.41) is 10.1. The third kappa shape index (κ3) is 2.63. The standard InChI is InChI=1S/C11H20O/c1-3-4-7-11(12)8-5-6-10(2)9-11/h9,12H,3-8H2,1-2H3. The van der Waals surface area contributed by atoms with Crippen molar-refractivity contribution in [3.05, 3.63) is 11.6 Å². The van der Waals surface area contributed by atoms with E-state index in [0.29, 0.717) is 0 Å².